The van der Waals surface area contributed by atoms with E-state index < -0.39 is 0 Å². The fourth-order valence-corrected chi connectivity index (χ4v) is 3.37. The molecule has 0 saturated carbocycles. The highest BCUT2D eigenvalue weighted by atomic mass is 19.1. The van der Waals surface area contributed by atoms with Gasteiger partial charge in [0, 0.05) is 25.2 Å². The number of fused-ring (bicyclic) bond motifs is 1. The molecule has 0 saturated heterocycles. The molecule has 0 amide bonds. The molecule has 1 aromatic carbocycles. The Morgan fingerprint density at radius 2 is 2.00 bits per heavy atom. The normalized spacial score (nSPS) is 17.6. The van der Waals surface area contributed by atoms with Gasteiger partial charge in [-0.1, -0.05) is 18.2 Å². The first-order valence-electron chi connectivity index (χ1n) is 8.34. The second-order valence-electron chi connectivity index (χ2n) is 6.36. The fraction of sp³-hybridized carbons (Fsp3) is 0.316. The van der Waals surface area contributed by atoms with Gasteiger partial charge in [-0.3, -0.25) is 4.90 Å². The molecular weight excluding hydrogens is 305 g/mol. The lowest BCUT2D eigenvalue weighted by Crippen LogP contribution is -2.31. The van der Waals surface area contributed by atoms with Gasteiger partial charge < -0.3 is 5.11 Å². The van der Waals surface area contributed by atoms with Crippen molar-refractivity contribution >= 4 is 0 Å². The highest BCUT2D eigenvalue weighted by Crippen LogP contribution is 2.30. The lowest BCUT2D eigenvalue weighted by molar-refractivity contribution is 0.272. The highest BCUT2D eigenvalue weighted by Gasteiger charge is 2.25. The average molecular weight is 325 g/mol. The van der Waals surface area contributed by atoms with Gasteiger partial charge in [-0.05, 0) is 49.1 Å². The number of hydrogen-bond acceptors (Lipinski definition) is 3. The number of aromatic nitrogens is 2. The average Bonchev–Trinajstić information content (AvgIpc) is 2.93. The zero-order valence-electron chi connectivity index (χ0n) is 13.5. The summed E-state index contributed by atoms with van der Waals surface area (Å²) in [5.74, 6) is -0.122. The Labute approximate surface area is 140 Å². The van der Waals surface area contributed by atoms with E-state index in [1.165, 1.54) is 22.4 Å². The third-order valence-corrected chi connectivity index (χ3v) is 4.64. The van der Waals surface area contributed by atoms with Gasteiger partial charge in [0.25, 0.3) is 0 Å². The molecule has 0 radical (unpaired) electrons. The molecule has 4 nitrogen and oxygen atoms in total. The second kappa shape index (κ2) is 6.24. The second-order valence-corrected chi connectivity index (χ2v) is 6.36. The van der Waals surface area contributed by atoms with Crippen LogP contribution in [-0.4, -0.2) is 32.9 Å². The third-order valence-electron chi connectivity index (χ3n) is 4.64. The highest BCUT2D eigenvalue weighted by molar-refractivity contribution is 5.42. The molecule has 0 bridgehead atoms. The molecule has 1 N–H and O–H groups in total. The Morgan fingerprint density at radius 3 is 2.75 bits per heavy atom. The largest absolute Gasteiger partial charge is 0.493 e. The van der Waals surface area contributed by atoms with Crippen molar-refractivity contribution in [3.63, 3.8) is 0 Å². The maximum atomic E-state index is 13.1. The zero-order valence-corrected chi connectivity index (χ0v) is 13.5. The molecule has 1 aromatic heterocycles. The Balaban J connectivity index is 1.56. The first-order valence-corrected chi connectivity index (χ1v) is 8.34. The molecular formula is C19H20FN3O. The van der Waals surface area contributed by atoms with Crippen molar-refractivity contribution in [3.05, 3.63) is 65.1 Å². The van der Waals surface area contributed by atoms with Gasteiger partial charge in [-0.2, -0.15) is 5.10 Å². The van der Waals surface area contributed by atoms with Crippen LogP contribution in [-0.2, 0) is 13.0 Å². The molecule has 2 heterocycles. The molecule has 5 heteroatoms. The fourth-order valence-electron chi connectivity index (χ4n) is 3.37. The number of hydrogen-bond donors (Lipinski definition) is 1. The maximum absolute atomic E-state index is 13.1. The van der Waals surface area contributed by atoms with Crippen LogP contribution in [0, 0.1) is 5.82 Å². The molecule has 2 aliphatic rings. The summed E-state index contributed by atoms with van der Waals surface area (Å²) in [6, 6.07) is 6.01. The summed E-state index contributed by atoms with van der Waals surface area (Å²) in [4.78, 5) is 2.35. The molecule has 0 fully saturated rings. The number of aromatic hydroxyl groups is 1. The molecule has 124 valence electrons. The summed E-state index contributed by atoms with van der Waals surface area (Å²) < 4.78 is 14.6. The van der Waals surface area contributed by atoms with E-state index >= 15 is 0 Å². The van der Waals surface area contributed by atoms with Crippen molar-refractivity contribution < 1.29 is 9.50 Å². The summed E-state index contributed by atoms with van der Waals surface area (Å²) in [7, 11) is 0. The van der Waals surface area contributed by atoms with Crippen LogP contribution in [0.1, 0.15) is 24.1 Å². The standard InChI is InChI=1S/C19H20FN3O/c20-15-6-8-16(9-7-15)23-19(24)17-10-11-22(13-18(17)21-23)12-14-4-2-1-3-5-14/h2,4-9,24H,1,3,10-13H2. The van der Waals surface area contributed by atoms with Crippen LogP contribution in [0.2, 0.25) is 0 Å². The van der Waals surface area contributed by atoms with E-state index in [4.69, 9.17) is 0 Å². The van der Waals surface area contributed by atoms with E-state index in [1.807, 2.05) is 0 Å². The molecule has 1 aliphatic heterocycles. The number of rotatable bonds is 3. The topological polar surface area (TPSA) is 41.3 Å². The molecule has 4 rings (SSSR count). The van der Waals surface area contributed by atoms with Crippen LogP contribution in [0.5, 0.6) is 5.88 Å². The number of nitrogens with zero attached hydrogens (tertiary/aromatic N) is 3. The van der Waals surface area contributed by atoms with Crippen LogP contribution in [0.15, 0.2) is 48.1 Å². The number of allylic oxidation sites excluding steroid dienone is 2. The van der Waals surface area contributed by atoms with Crippen LogP contribution in [0.4, 0.5) is 4.39 Å². The van der Waals surface area contributed by atoms with Crippen molar-refractivity contribution in [1.82, 2.24) is 14.7 Å². The van der Waals surface area contributed by atoms with E-state index in [9.17, 15) is 9.50 Å². The van der Waals surface area contributed by atoms with Gasteiger partial charge >= 0.3 is 0 Å². The smallest absolute Gasteiger partial charge is 0.217 e. The Hall–Kier alpha value is -2.40. The van der Waals surface area contributed by atoms with Gasteiger partial charge in [0.05, 0.1) is 11.4 Å². The van der Waals surface area contributed by atoms with Crippen molar-refractivity contribution in [1.29, 1.82) is 0 Å². The van der Waals surface area contributed by atoms with E-state index in [2.05, 4.69) is 28.2 Å². The molecule has 0 atom stereocenters. The zero-order chi connectivity index (χ0) is 16.5. The van der Waals surface area contributed by atoms with Crippen LogP contribution < -0.4 is 0 Å². The molecule has 0 unspecified atom stereocenters. The SMILES string of the molecule is Oc1c2c(nn1-c1ccc(F)cc1)CN(CC1=CCCC=C1)CC2. The van der Waals surface area contributed by atoms with Gasteiger partial charge in [0.15, 0.2) is 0 Å². The van der Waals surface area contributed by atoms with Crippen LogP contribution in [0.3, 0.4) is 0 Å². The predicted octanol–water partition coefficient (Wildman–Crippen LogP) is 3.35. The summed E-state index contributed by atoms with van der Waals surface area (Å²) in [6.07, 6.45) is 9.74. The van der Waals surface area contributed by atoms with Crippen molar-refractivity contribution in [2.75, 3.05) is 13.1 Å². The third kappa shape index (κ3) is 2.87. The van der Waals surface area contributed by atoms with Gasteiger partial charge in [-0.15, -0.1) is 0 Å². The van der Waals surface area contributed by atoms with E-state index in [0.717, 1.165) is 50.2 Å². The summed E-state index contributed by atoms with van der Waals surface area (Å²) in [5, 5.41) is 15.0. The summed E-state index contributed by atoms with van der Waals surface area (Å²) in [6.45, 7) is 2.54. The van der Waals surface area contributed by atoms with Crippen LogP contribution in [0.25, 0.3) is 5.69 Å². The number of benzene rings is 1. The van der Waals surface area contributed by atoms with E-state index in [1.54, 1.807) is 12.1 Å². The first kappa shape index (κ1) is 15.1. The van der Waals surface area contributed by atoms with Crippen molar-refractivity contribution in [3.8, 4) is 11.6 Å². The summed E-state index contributed by atoms with van der Waals surface area (Å²) in [5.41, 5.74) is 3.84. The lowest BCUT2D eigenvalue weighted by atomic mass is 10.0. The predicted molar refractivity (Wildman–Crippen MR) is 90.6 cm³/mol. The minimum atomic E-state index is -0.296. The van der Waals surface area contributed by atoms with Gasteiger partial charge in [0.2, 0.25) is 5.88 Å². The molecule has 0 spiro atoms. The molecule has 1 aliphatic carbocycles. The van der Waals surface area contributed by atoms with Crippen LogP contribution >= 0.6 is 0 Å². The summed E-state index contributed by atoms with van der Waals surface area (Å²) >= 11 is 0. The quantitative estimate of drug-likeness (QED) is 0.941. The first-order chi connectivity index (χ1) is 11.7. The Kier molecular flexibility index (Phi) is 3.94. The molecule has 2 aromatic rings. The lowest BCUT2D eigenvalue weighted by Gasteiger charge is -2.26. The monoisotopic (exact) mass is 325 g/mol. The Morgan fingerprint density at radius 1 is 1.17 bits per heavy atom. The van der Waals surface area contributed by atoms with Crippen molar-refractivity contribution in [2.45, 2.75) is 25.8 Å². The Bertz CT molecular complexity index is 805. The molecule has 24 heavy (non-hydrogen) atoms. The van der Waals surface area contributed by atoms with Crippen molar-refractivity contribution in [2.24, 2.45) is 0 Å². The maximum Gasteiger partial charge on any atom is 0.217 e. The minimum Gasteiger partial charge on any atom is -0.493 e. The van der Waals surface area contributed by atoms with E-state index in [0.29, 0.717) is 5.69 Å². The van der Waals surface area contributed by atoms with E-state index in [-0.39, 0.29) is 11.7 Å². The van der Waals surface area contributed by atoms with Gasteiger partial charge in [0.1, 0.15) is 5.82 Å². The van der Waals surface area contributed by atoms with Gasteiger partial charge in [-0.25, -0.2) is 9.07 Å². The number of halogens is 1. The minimum absolute atomic E-state index is 0.174.